The van der Waals surface area contributed by atoms with Crippen molar-refractivity contribution in [2.24, 2.45) is 5.92 Å². The fourth-order valence-corrected chi connectivity index (χ4v) is 3.61. The molecule has 3 N–H and O–H groups in total. The summed E-state index contributed by atoms with van der Waals surface area (Å²) in [5, 5.41) is 16.3. The second-order valence-corrected chi connectivity index (χ2v) is 7.09. The van der Waals surface area contributed by atoms with E-state index in [0.717, 1.165) is 12.1 Å². The maximum atomic E-state index is 12.6. The largest absolute Gasteiger partial charge is 0.497 e. The number of nitrogens with one attached hydrogen (secondary N) is 3. The van der Waals surface area contributed by atoms with Crippen LogP contribution in [-0.2, 0) is 16.0 Å². The molecule has 1 heterocycles. The minimum absolute atomic E-state index is 0.00764. The number of methoxy groups -OCH3 is 2. The molecule has 9 nitrogen and oxygen atoms in total. The molecule has 156 valence electrons. The molecule has 29 heavy (non-hydrogen) atoms. The van der Waals surface area contributed by atoms with E-state index in [-0.39, 0.29) is 29.9 Å². The number of carbonyl (C=O) groups is 2. The Hall–Kier alpha value is -2.94. The van der Waals surface area contributed by atoms with Crippen molar-refractivity contribution < 1.29 is 19.1 Å². The second kappa shape index (κ2) is 10.0. The highest BCUT2D eigenvalue weighted by molar-refractivity contribution is 5.94. The van der Waals surface area contributed by atoms with Crippen molar-refractivity contribution in [2.45, 2.75) is 37.8 Å². The second-order valence-electron chi connectivity index (χ2n) is 7.09. The van der Waals surface area contributed by atoms with Gasteiger partial charge in [0.1, 0.15) is 5.75 Å². The van der Waals surface area contributed by atoms with Gasteiger partial charge >= 0.3 is 0 Å². The van der Waals surface area contributed by atoms with E-state index >= 15 is 0 Å². The Bertz CT molecular complexity index is 794. The van der Waals surface area contributed by atoms with E-state index in [1.165, 1.54) is 0 Å². The van der Waals surface area contributed by atoms with Crippen LogP contribution < -0.4 is 15.4 Å². The summed E-state index contributed by atoms with van der Waals surface area (Å²) in [7, 11) is 3.21. The summed E-state index contributed by atoms with van der Waals surface area (Å²) in [6.45, 7) is 0.498. The lowest BCUT2D eigenvalue weighted by Crippen LogP contribution is -2.50. The summed E-state index contributed by atoms with van der Waals surface area (Å²) in [6, 6.07) is 6.69. The van der Waals surface area contributed by atoms with Crippen molar-refractivity contribution in [3.05, 3.63) is 41.7 Å². The van der Waals surface area contributed by atoms with Gasteiger partial charge < -0.3 is 20.1 Å². The Kier molecular flexibility index (Phi) is 7.18. The van der Waals surface area contributed by atoms with Crippen LogP contribution in [0.4, 0.5) is 0 Å². The SMILES string of the molecule is COc1ccc(C(=O)N[C@@H]2C[C@@H](C(=O)NCCc3cn[nH]n3)CC[C@H]2OC)cc1. The number of rotatable bonds is 8. The topological polar surface area (TPSA) is 118 Å². The number of hydrogen-bond acceptors (Lipinski definition) is 6. The number of aromatic nitrogens is 3. The van der Waals surface area contributed by atoms with E-state index in [0.29, 0.717) is 37.1 Å². The number of ether oxygens (including phenoxy) is 2. The van der Waals surface area contributed by atoms with Crippen molar-refractivity contribution in [2.75, 3.05) is 20.8 Å². The van der Waals surface area contributed by atoms with Gasteiger partial charge in [0.05, 0.1) is 31.1 Å². The van der Waals surface area contributed by atoms with Crippen molar-refractivity contribution in [3.63, 3.8) is 0 Å². The maximum Gasteiger partial charge on any atom is 0.251 e. The van der Waals surface area contributed by atoms with Crippen LogP contribution in [0.25, 0.3) is 0 Å². The number of hydrogen-bond donors (Lipinski definition) is 3. The van der Waals surface area contributed by atoms with E-state index < -0.39 is 0 Å². The molecule has 0 unspecified atom stereocenters. The number of carbonyl (C=O) groups excluding carboxylic acids is 2. The molecule has 3 rings (SSSR count). The van der Waals surface area contributed by atoms with Crippen LogP contribution in [0.5, 0.6) is 5.75 Å². The lowest BCUT2D eigenvalue weighted by atomic mass is 9.83. The normalized spacial score (nSPS) is 21.4. The molecule has 0 radical (unpaired) electrons. The fourth-order valence-electron chi connectivity index (χ4n) is 3.61. The smallest absolute Gasteiger partial charge is 0.251 e. The lowest BCUT2D eigenvalue weighted by Gasteiger charge is -2.35. The van der Waals surface area contributed by atoms with E-state index in [2.05, 4.69) is 26.0 Å². The number of nitrogens with zero attached hydrogens (tertiary/aromatic N) is 2. The molecule has 0 spiro atoms. The van der Waals surface area contributed by atoms with E-state index in [1.807, 2.05) is 0 Å². The molecular weight excluding hydrogens is 374 g/mol. The Morgan fingerprint density at radius 2 is 2.00 bits per heavy atom. The van der Waals surface area contributed by atoms with Gasteiger partial charge in [-0.05, 0) is 43.5 Å². The minimum Gasteiger partial charge on any atom is -0.497 e. The summed E-state index contributed by atoms with van der Waals surface area (Å²) in [4.78, 5) is 25.2. The van der Waals surface area contributed by atoms with E-state index in [9.17, 15) is 9.59 Å². The average molecular weight is 401 g/mol. The number of amides is 2. The maximum absolute atomic E-state index is 12.6. The molecule has 0 aliphatic heterocycles. The van der Waals surface area contributed by atoms with E-state index in [4.69, 9.17) is 9.47 Å². The Morgan fingerprint density at radius 1 is 1.21 bits per heavy atom. The van der Waals surface area contributed by atoms with Crippen LogP contribution in [0, 0.1) is 5.92 Å². The standard InChI is InChI=1S/C20H27N5O4/c1-28-16-6-3-13(4-7-16)20(27)23-17-11-14(5-8-18(17)29-2)19(26)21-10-9-15-12-22-25-24-15/h3-4,6-7,12,14,17-18H,5,8-11H2,1-2H3,(H,21,26)(H,23,27)(H,22,24,25)/t14-,17+,18+/m0/s1. The van der Waals surface area contributed by atoms with Crippen LogP contribution in [0.1, 0.15) is 35.3 Å². The van der Waals surface area contributed by atoms with Gasteiger partial charge in [-0.1, -0.05) is 0 Å². The first-order valence-electron chi connectivity index (χ1n) is 9.70. The molecular formula is C20H27N5O4. The summed E-state index contributed by atoms with van der Waals surface area (Å²) in [5.74, 6) is 0.328. The fraction of sp³-hybridized carbons (Fsp3) is 0.500. The molecule has 1 aliphatic rings. The van der Waals surface area contributed by atoms with Gasteiger partial charge in [-0.25, -0.2) is 0 Å². The first-order chi connectivity index (χ1) is 14.1. The third-order valence-electron chi connectivity index (χ3n) is 5.27. The highest BCUT2D eigenvalue weighted by atomic mass is 16.5. The van der Waals surface area contributed by atoms with Crippen LogP contribution in [-0.4, -0.2) is 60.1 Å². The van der Waals surface area contributed by atoms with Crippen LogP contribution in [0.3, 0.4) is 0 Å². The minimum atomic E-state index is -0.227. The molecule has 2 aromatic rings. The molecule has 1 aliphatic carbocycles. The number of aromatic amines is 1. The summed E-state index contributed by atoms with van der Waals surface area (Å²) >= 11 is 0. The van der Waals surface area contributed by atoms with Crippen molar-refractivity contribution in [1.82, 2.24) is 26.0 Å². The van der Waals surface area contributed by atoms with Gasteiger partial charge in [0.15, 0.2) is 0 Å². The molecule has 1 aromatic heterocycles. The highest BCUT2D eigenvalue weighted by Gasteiger charge is 2.35. The lowest BCUT2D eigenvalue weighted by molar-refractivity contribution is -0.127. The Balaban J connectivity index is 1.54. The quantitative estimate of drug-likeness (QED) is 0.609. The molecule has 2 amide bonds. The third kappa shape index (κ3) is 5.54. The van der Waals surface area contributed by atoms with E-state index in [1.54, 1.807) is 44.7 Å². The summed E-state index contributed by atoms with van der Waals surface area (Å²) < 4.78 is 10.7. The monoisotopic (exact) mass is 401 g/mol. The summed E-state index contributed by atoms with van der Waals surface area (Å²) in [6.07, 6.45) is 4.12. The molecule has 0 saturated heterocycles. The molecule has 1 saturated carbocycles. The van der Waals surface area contributed by atoms with Crippen molar-refractivity contribution in [1.29, 1.82) is 0 Å². The third-order valence-corrected chi connectivity index (χ3v) is 5.27. The predicted molar refractivity (Wildman–Crippen MR) is 105 cm³/mol. The van der Waals surface area contributed by atoms with Crippen LogP contribution in [0.15, 0.2) is 30.5 Å². The van der Waals surface area contributed by atoms with Gasteiger partial charge in [0.2, 0.25) is 5.91 Å². The van der Waals surface area contributed by atoms with Crippen molar-refractivity contribution in [3.8, 4) is 5.75 Å². The highest BCUT2D eigenvalue weighted by Crippen LogP contribution is 2.27. The number of benzene rings is 1. The first kappa shape index (κ1) is 20.8. The molecule has 1 aromatic carbocycles. The van der Waals surface area contributed by atoms with Crippen LogP contribution in [0.2, 0.25) is 0 Å². The Morgan fingerprint density at radius 3 is 2.66 bits per heavy atom. The molecule has 1 fully saturated rings. The Labute approximate surface area is 169 Å². The van der Waals surface area contributed by atoms with Gasteiger partial charge in [0.25, 0.3) is 5.91 Å². The molecule has 9 heteroatoms. The predicted octanol–water partition coefficient (Wildman–Crippen LogP) is 1.09. The zero-order chi connectivity index (χ0) is 20.6. The van der Waals surface area contributed by atoms with Gasteiger partial charge in [-0.2, -0.15) is 15.4 Å². The van der Waals surface area contributed by atoms with Gasteiger partial charge in [-0.3, -0.25) is 9.59 Å². The molecule has 3 atom stereocenters. The van der Waals surface area contributed by atoms with Crippen LogP contribution >= 0.6 is 0 Å². The summed E-state index contributed by atoms with van der Waals surface area (Å²) in [5.41, 5.74) is 1.35. The average Bonchev–Trinajstić information content (AvgIpc) is 3.27. The van der Waals surface area contributed by atoms with Gasteiger partial charge in [-0.15, -0.1) is 0 Å². The van der Waals surface area contributed by atoms with Crippen molar-refractivity contribution >= 4 is 11.8 Å². The zero-order valence-electron chi connectivity index (χ0n) is 16.7. The first-order valence-corrected chi connectivity index (χ1v) is 9.70. The number of H-pyrrole nitrogens is 1. The zero-order valence-corrected chi connectivity index (χ0v) is 16.7. The van der Waals surface area contributed by atoms with Gasteiger partial charge in [0, 0.05) is 31.6 Å². The molecule has 0 bridgehead atoms.